The summed E-state index contributed by atoms with van der Waals surface area (Å²) in [5.41, 5.74) is 0.727. The molecule has 1 atom stereocenters. The van der Waals surface area contributed by atoms with E-state index in [0.717, 1.165) is 0 Å². The van der Waals surface area contributed by atoms with E-state index in [0.29, 0.717) is 18.4 Å². The van der Waals surface area contributed by atoms with Crippen LogP contribution < -0.4 is 9.97 Å². The smallest absolute Gasteiger partial charge is 0.536 e. The van der Waals surface area contributed by atoms with Crippen LogP contribution in [0.4, 0.5) is 0 Å². The fourth-order valence-electron chi connectivity index (χ4n) is 3.07. The van der Waals surface area contributed by atoms with Crippen LogP contribution >= 0.6 is 0 Å². The van der Waals surface area contributed by atoms with E-state index in [1.54, 1.807) is 19.1 Å². The van der Waals surface area contributed by atoms with Crippen LogP contribution in [-0.2, 0) is 25.5 Å². The molecule has 10 heteroatoms. The molecule has 1 aromatic rings. The number of fused-ring (bicyclic) bond motifs is 1. The Kier molecular flexibility index (Phi) is 8.17. The average Bonchev–Trinajstić information content (AvgIpc) is 2.73. The molecule has 1 N–H and O–H groups in total. The van der Waals surface area contributed by atoms with Crippen LogP contribution in [0.1, 0.15) is 56.0 Å². The summed E-state index contributed by atoms with van der Waals surface area (Å²) in [6, 6.07) is 4.85. The Hall–Kier alpha value is -2.91. The standard InChI is InChI=1S/C19H25BN2O7/c1-4-12(5-2)18(24)27-11-28-19(25)14-9-7-8-13-10-15(21-16(23)6-3)20(22-26)29-17(13)14/h7-9,12,15H,4-6,10-11H2,1-3H3,(H,21,23)/t15-/m0/s1. The molecular weight excluding hydrogens is 379 g/mol. The zero-order valence-electron chi connectivity index (χ0n) is 16.8. The topological polar surface area (TPSA) is 120 Å². The Morgan fingerprint density at radius 3 is 2.59 bits per heavy atom. The Balaban J connectivity index is 2.08. The van der Waals surface area contributed by atoms with Crippen molar-refractivity contribution in [2.24, 2.45) is 11.0 Å². The molecule has 156 valence electrons. The number of nitroso groups, excluding NO2 is 1. The first-order chi connectivity index (χ1) is 13.9. The molecule has 1 aliphatic heterocycles. The molecular formula is C19H25BN2O7. The van der Waals surface area contributed by atoms with E-state index in [4.69, 9.17) is 14.1 Å². The van der Waals surface area contributed by atoms with Crippen LogP contribution in [0, 0.1) is 10.8 Å². The SMILES string of the molecule is CCC(=O)N[C@H]1Cc2cccc(C(=O)OCOC(=O)C(CC)CC)c2OB1N=O. The minimum atomic E-state index is -1.17. The molecule has 0 saturated carbocycles. The summed E-state index contributed by atoms with van der Waals surface area (Å²) in [5.74, 6) is -2.09. The van der Waals surface area contributed by atoms with Crippen molar-refractivity contribution in [1.29, 1.82) is 0 Å². The quantitative estimate of drug-likeness (QED) is 0.290. The van der Waals surface area contributed by atoms with Crippen molar-refractivity contribution in [3.8, 4) is 5.75 Å². The predicted molar refractivity (Wildman–Crippen MR) is 105 cm³/mol. The number of amides is 1. The van der Waals surface area contributed by atoms with E-state index < -0.39 is 31.7 Å². The van der Waals surface area contributed by atoms with Gasteiger partial charge in [0.15, 0.2) is 0 Å². The summed E-state index contributed by atoms with van der Waals surface area (Å²) in [6.07, 6.45) is 1.82. The van der Waals surface area contributed by atoms with Gasteiger partial charge in [-0.1, -0.05) is 38.0 Å². The van der Waals surface area contributed by atoms with E-state index in [9.17, 15) is 19.3 Å². The van der Waals surface area contributed by atoms with Crippen molar-refractivity contribution in [2.75, 3.05) is 6.79 Å². The summed E-state index contributed by atoms with van der Waals surface area (Å²) in [6.45, 7) is 4.94. The van der Waals surface area contributed by atoms with E-state index in [-0.39, 0.29) is 36.0 Å². The summed E-state index contributed by atoms with van der Waals surface area (Å²) >= 11 is 0. The zero-order chi connectivity index (χ0) is 21.4. The maximum Gasteiger partial charge on any atom is 0.570 e. The first-order valence-electron chi connectivity index (χ1n) is 9.69. The molecule has 0 aromatic heterocycles. The van der Waals surface area contributed by atoms with Gasteiger partial charge in [0.05, 0.1) is 11.9 Å². The van der Waals surface area contributed by atoms with Crippen molar-refractivity contribution in [2.45, 2.75) is 52.4 Å². The lowest BCUT2D eigenvalue weighted by atomic mass is 9.68. The number of carbonyl (C=O) groups is 3. The highest BCUT2D eigenvalue weighted by Gasteiger charge is 2.40. The first kappa shape index (κ1) is 22.4. The van der Waals surface area contributed by atoms with Crippen LogP contribution in [0.3, 0.4) is 0 Å². The van der Waals surface area contributed by atoms with Gasteiger partial charge < -0.3 is 19.4 Å². The number of nitrogens with one attached hydrogen (secondary N) is 1. The van der Waals surface area contributed by atoms with E-state index in [2.05, 4.69) is 10.4 Å². The highest BCUT2D eigenvalue weighted by Crippen LogP contribution is 2.31. The van der Waals surface area contributed by atoms with Gasteiger partial charge in [-0.05, 0) is 30.9 Å². The molecule has 0 bridgehead atoms. The molecule has 0 aliphatic carbocycles. The van der Waals surface area contributed by atoms with Crippen LogP contribution in [0.25, 0.3) is 0 Å². The molecule has 1 aromatic carbocycles. The van der Waals surface area contributed by atoms with Gasteiger partial charge in [-0.2, -0.15) is 4.91 Å². The van der Waals surface area contributed by atoms with Crippen LogP contribution in [-0.4, -0.2) is 37.6 Å². The first-order valence-corrected chi connectivity index (χ1v) is 9.69. The lowest BCUT2D eigenvalue weighted by Crippen LogP contribution is -2.52. The highest BCUT2D eigenvalue weighted by molar-refractivity contribution is 6.53. The van der Waals surface area contributed by atoms with Gasteiger partial charge in [0.25, 0.3) is 0 Å². The maximum absolute atomic E-state index is 12.4. The number of esters is 2. The monoisotopic (exact) mass is 404 g/mol. The Labute approximate surface area is 169 Å². The van der Waals surface area contributed by atoms with E-state index in [1.165, 1.54) is 6.07 Å². The molecule has 0 spiro atoms. The third-order valence-corrected chi connectivity index (χ3v) is 4.82. The number of para-hydroxylation sites is 1. The van der Waals surface area contributed by atoms with Gasteiger partial charge in [-0.3, -0.25) is 9.59 Å². The van der Waals surface area contributed by atoms with Gasteiger partial charge >= 0.3 is 19.0 Å². The fraction of sp³-hybridized carbons (Fsp3) is 0.526. The van der Waals surface area contributed by atoms with Crippen LogP contribution in [0.5, 0.6) is 5.75 Å². The average molecular weight is 404 g/mol. The van der Waals surface area contributed by atoms with Crippen molar-refractivity contribution < 1.29 is 28.5 Å². The molecule has 1 amide bonds. The van der Waals surface area contributed by atoms with Gasteiger partial charge in [0.1, 0.15) is 11.3 Å². The molecule has 9 nitrogen and oxygen atoms in total. The molecule has 0 unspecified atom stereocenters. The number of carbonyl (C=O) groups excluding carboxylic acids is 3. The lowest BCUT2D eigenvalue weighted by molar-refractivity contribution is -0.157. The molecule has 1 aliphatic rings. The number of ether oxygens (including phenoxy) is 2. The van der Waals surface area contributed by atoms with Crippen LogP contribution in [0.2, 0.25) is 0 Å². The normalized spacial score (nSPS) is 15.2. The molecule has 1 heterocycles. The minimum absolute atomic E-state index is 0.0926. The second-order valence-electron chi connectivity index (χ2n) is 6.67. The van der Waals surface area contributed by atoms with Gasteiger partial charge in [0.2, 0.25) is 12.7 Å². The molecule has 29 heavy (non-hydrogen) atoms. The maximum atomic E-state index is 12.4. The Morgan fingerprint density at radius 2 is 1.97 bits per heavy atom. The second-order valence-corrected chi connectivity index (χ2v) is 6.67. The zero-order valence-corrected chi connectivity index (χ0v) is 16.8. The van der Waals surface area contributed by atoms with Gasteiger partial charge in [-0.15, -0.1) is 0 Å². The van der Waals surface area contributed by atoms with Crippen molar-refractivity contribution in [3.63, 3.8) is 0 Å². The summed E-state index contributed by atoms with van der Waals surface area (Å²) in [4.78, 5) is 47.2. The lowest BCUT2D eigenvalue weighted by Gasteiger charge is -2.28. The second kappa shape index (κ2) is 10.6. The third kappa shape index (κ3) is 5.55. The molecule has 0 radical (unpaired) electrons. The molecule has 0 saturated heterocycles. The minimum Gasteiger partial charge on any atom is -0.536 e. The third-order valence-electron chi connectivity index (χ3n) is 4.82. The number of nitrogens with zero attached hydrogens (tertiary/aromatic N) is 1. The largest absolute Gasteiger partial charge is 0.570 e. The van der Waals surface area contributed by atoms with Crippen molar-refractivity contribution in [1.82, 2.24) is 5.32 Å². The summed E-state index contributed by atoms with van der Waals surface area (Å²) in [5, 5.41) is 5.63. The van der Waals surface area contributed by atoms with Crippen molar-refractivity contribution in [3.05, 3.63) is 34.2 Å². The van der Waals surface area contributed by atoms with Crippen molar-refractivity contribution >= 4 is 24.9 Å². The highest BCUT2D eigenvalue weighted by atomic mass is 16.7. The van der Waals surface area contributed by atoms with Crippen LogP contribution in [0.15, 0.2) is 23.3 Å². The van der Waals surface area contributed by atoms with E-state index in [1.807, 2.05) is 13.8 Å². The fourth-order valence-corrected chi connectivity index (χ4v) is 3.07. The number of hydrogen-bond donors (Lipinski definition) is 1. The summed E-state index contributed by atoms with van der Waals surface area (Å²) < 4.78 is 15.6. The summed E-state index contributed by atoms with van der Waals surface area (Å²) in [7, 11) is -1.17. The number of hydrogen-bond acceptors (Lipinski definition) is 8. The van der Waals surface area contributed by atoms with Gasteiger partial charge in [0, 0.05) is 6.42 Å². The van der Waals surface area contributed by atoms with Gasteiger partial charge in [-0.25, -0.2) is 4.79 Å². The molecule has 2 rings (SSSR count). The molecule has 0 fully saturated rings. The van der Waals surface area contributed by atoms with E-state index >= 15 is 0 Å². The Bertz CT molecular complexity index is 767. The number of rotatable bonds is 9. The number of benzene rings is 1. The predicted octanol–water partition coefficient (Wildman–Crippen LogP) is 2.40. The Morgan fingerprint density at radius 1 is 1.24 bits per heavy atom.